The van der Waals surface area contributed by atoms with Crippen LogP contribution in [0.4, 0.5) is 0 Å². The van der Waals surface area contributed by atoms with Crippen molar-refractivity contribution in [2.45, 2.75) is 0 Å². The molecule has 0 bridgehead atoms. The minimum Gasteiger partial charge on any atom is -0.362 e. The molecule has 0 spiro atoms. The van der Waals surface area contributed by atoms with Gasteiger partial charge in [0.15, 0.2) is 0 Å². The van der Waals surface area contributed by atoms with Crippen LogP contribution in [0.15, 0.2) is 18.3 Å². The molecule has 1 nitrogen and oxygen atoms in total. The molecule has 0 aliphatic carbocycles. The molecule has 1 heterocycles. The van der Waals surface area contributed by atoms with Crippen LogP contribution >= 0.6 is 8.58 Å². The Morgan fingerprint density at radius 3 is 2.86 bits per heavy atom. The fraction of sp³-hybridized carbons (Fsp3) is 0.200. The van der Waals surface area contributed by atoms with Gasteiger partial charge in [-0.2, -0.15) is 0 Å². The highest BCUT2D eigenvalue weighted by atomic mass is 31.1. The number of aromatic nitrogens is 1. The zero-order valence-electron chi connectivity index (χ0n) is 4.23. The van der Waals surface area contributed by atoms with Crippen LogP contribution in [0.2, 0.25) is 0 Å². The fourth-order valence-electron chi connectivity index (χ4n) is 0.486. The summed E-state index contributed by atoms with van der Waals surface area (Å²) in [6.07, 6.45) is 1.95. The molecule has 0 saturated heterocycles. The molecule has 1 aromatic rings. The van der Waals surface area contributed by atoms with E-state index in [1.54, 1.807) is 0 Å². The molecule has 0 saturated carbocycles. The number of H-pyrrole nitrogens is 1. The standard InChI is InChI=1S/C5H8NP/c1-7-5-3-2-4-6-5/h2-4,6-7H,1H3. The van der Waals surface area contributed by atoms with Gasteiger partial charge in [-0.25, -0.2) is 0 Å². The van der Waals surface area contributed by atoms with Crippen molar-refractivity contribution in [3.63, 3.8) is 0 Å². The summed E-state index contributed by atoms with van der Waals surface area (Å²) in [4.78, 5) is 3.10. The van der Waals surface area contributed by atoms with E-state index in [1.165, 1.54) is 5.44 Å². The second-order valence-electron chi connectivity index (χ2n) is 1.33. The van der Waals surface area contributed by atoms with E-state index in [2.05, 4.69) is 17.7 Å². The molecule has 38 valence electrons. The molecule has 0 fully saturated rings. The first-order valence-corrected chi connectivity index (χ1v) is 3.74. The average molecular weight is 113 g/mol. The van der Waals surface area contributed by atoms with Crippen LogP contribution < -0.4 is 5.44 Å². The van der Waals surface area contributed by atoms with Gasteiger partial charge in [-0.1, -0.05) is 8.58 Å². The van der Waals surface area contributed by atoms with Gasteiger partial charge >= 0.3 is 0 Å². The molecular weight excluding hydrogens is 105 g/mol. The maximum Gasteiger partial charge on any atom is 0.0349 e. The fourth-order valence-corrected chi connectivity index (χ4v) is 0.976. The van der Waals surface area contributed by atoms with Gasteiger partial charge in [0.1, 0.15) is 0 Å². The summed E-state index contributed by atoms with van der Waals surface area (Å²) in [5.41, 5.74) is 1.33. The van der Waals surface area contributed by atoms with Crippen molar-refractivity contribution < 1.29 is 0 Å². The summed E-state index contributed by atoms with van der Waals surface area (Å²) in [5.74, 6) is 0. The lowest BCUT2D eigenvalue weighted by molar-refractivity contribution is 1.47. The van der Waals surface area contributed by atoms with Crippen molar-refractivity contribution in [1.29, 1.82) is 0 Å². The number of aromatic amines is 1. The van der Waals surface area contributed by atoms with Gasteiger partial charge in [0.2, 0.25) is 0 Å². The third-order valence-corrected chi connectivity index (χ3v) is 1.72. The molecule has 0 aliphatic heterocycles. The maximum absolute atomic E-state index is 3.10. The first-order valence-electron chi connectivity index (χ1n) is 2.24. The summed E-state index contributed by atoms with van der Waals surface area (Å²) < 4.78 is 0. The van der Waals surface area contributed by atoms with Gasteiger partial charge < -0.3 is 4.98 Å². The SMILES string of the molecule is CPc1ccc[nH]1. The molecule has 1 N–H and O–H groups in total. The molecule has 7 heavy (non-hydrogen) atoms. The summed E-state index contributed by atoms with van der Waals surface area (Å²) in [5, 5.41) is 0. The predicted octanol–water partition coefficient (Wildman–Crippen LogP) is 0.948. The molecule has 1 rings (SSSR count). The summed E-state index contributed by atoms with van der Waals surface area (Å²) >= 11 is 0. The molecule has 1 atom stereocenters. The van der Waals surface area contributed by atoms with E-state index in [9.17, 15) is 0 Å². The monoisotopic (exact) mass is 113 g/mol. The predicted molar refractivity (Wildman–Crippen MR) is 34.7 cm³/mol. The number of hydrogen-bond acceptors (Lipinski definition) is 0. The van der Waals surface area contributed by atoms with E-state index in [0.717, 1.165) is 8.58 Å². The molecule has 1 aromatic heterocycles. The Balaban J connectivity index is 2.76. The molecule has 2 heteroatoms. The van der Waals surface area contributed by atoms with Crippen LogP contribution in [0.3, 0.4) is 0 Å². The third kappa shape index (κ3) is 1.04. The molecule has 1 unspecified atom stereocenters. The van der Waals surface area contributed by atoms with Crippen molar-refractivity contribution >= 4 is 14.0 Å². The first-order chi connectivity index (χ1) is 3.43. The van der Waals surface area contributed by atoms with E-state index >= 15 is 0 Å². The van der Waals surface area contributed by atoms with E-state index in [-0.39, 0.29) is 0 Å². The van der Waals surface area contributed by atoms with Crippen molar-refractivity contribution in [2.75, 3.05) is 6.66 Å². The Hall–Kier alpha value is -0.290. The quantitative estimate of drug-likeness (QED) is 0.522. The Morgan fingerprint density at radius 1 is 1.71 bits per heavy atom. The van der Waals surface area contributed by atoms with Gasteiger partial charge in [-0.15, -0.1) is 0 Å². The highest BCUT2D eigenvalue weighted by molar-refractivity contribution is 7.45. The lowest BCUT2D eigenvalue weighted by Gasteiger charge is -1.81. The highest BCUT2D eigenvalue weighted by Crippen LogP contribution is 1.98. The van der Waals surface area contributed by atoms with Crippen LogP contribution in [-0.4, -0.2) is 11.6 Å². The Kier molecular flexibility index (Phi) is 1.48. The van der Waals surface area contributed by atoms with E-state index in [0.29, 0.717) is 0 Å². The van der Waals surface area contributed by atoms with Gasteiger partial charge in [0.05, 0.1) is 0 Å². The maximum atomic E-state index is 3.10. The van der Waals surface area contributed by atoms with Gasteiger partial charge in [0, 0.05) is 11.6 Å². The lowest BCUT2D eigenvalue weighted by atomic mass is 10.7. The van der Waals surface area contributed by atoms with Crippen LogP contribution in [-0.2, 0) is 0 Å². The number of nitrogens with one attached hydrogen (secondary N) is 1. The lowest BCUT2D eigenvalue weighted by Crippen LogP contribution is -1.88. The van der Waals surface area contributed by atoms with Crippen LogP contribution in [0.25, 0.3) is 0 Å². The van der Waals surface area contributed by atoms with Crippen molar-refractivity contribution in [3.8, 4) is 0 Å². The van der Waals surface area contributed by atoms with E-state index < -0.39 is 0 Å². The number of rotatable bonds is 1. The topological polar surface area (TPSA) is 15.8 Å². The second-order valence-corrected chi connectivity index (χ2v) is 2.37. The smallest absolute Gasteiger partial charge is 0.0349 e. The molecule has 0 aromatic carbocycles. The highest BCUT2D eigenvalue weighted by Gasteiger charge is 1.80. The van der Waals surface area contributed by atoms with Crippen molar-refractivity contribution in [1.82, 2.24) is 4.98 Å². The normalized spacial score (nSPS) is 11.0. The van der Waals surface area contributed by atoms with Crippen molar-refractivity contribution in [3.05, 3.63) is 18.3 Å². The molecule has 0 amide bonds. The molecule has 0 aliphatic rings. The van der Waals surface area contributed by atoms with Crippen LogP contribution in [0.5, 0.6) is 0 Å². The Labute approximate surface area is 44.9 Å². The van der Waals surface area contributed by atoms with Gasteiger partial charge in [-0.05, 0) is 18.8 Å². The first kappa shape index (κ1) is 4.86. The third-order valence-electron chi connectivity index (χ3n) is 0.867. The van der Waals surface area contributed by atoms with Gasteiger partial charge in [-0.3, -0.25) is 0 Å². The summed E-state index contributed by atoms with van der Waals surface area (Å²) in [6, 6.07) is 4.12. The van der Waals surface area contributed by atoms with E-state index in [1.807, 2.05) is 12.3 Å². The van der Waals surface area contributed by atoms with Crippen LogP contribution in [0, 0.1) is 0 Å². The summed E-state index contributed by atoms with van der Waals surface area (Å²) in [6.45, 7) is 2.16. The van der Waals surface area contributed by atoms with Gasteiger partial charge in [0.25, 0.3) is 0 Å². The molecule has 0 radical (unpaired) electrons. The van der Waals surface area contributed by atoms with E-state index in [4.69, 9.17) is 0 Å². The zero-order valence-corrected chi connectivity index (χ0v) is 5.23. The van der Waals surface area contributed by atoms with Crippen molar-refractivity contribution in [2.24, 2.45) is 0 Å². The zero-order chi connectivity index (χ0) is 5.11. The summed E-state index contributed by atoms with van der Waals surface area (Å²) in [7, 11) is 0.899. The number of hydrogen-bond donors (Lipinski definition) is 1. The Bertz CT molecular complexity index is 123. The molecular formula is C5H8NP. The Morgan fingerprint density at radius 2 is 2.57 bits per heavy atom. The minimum atomic E-state index is 0.899. The minimum absolute atomic E-state index is 0.899. The average Bonchev–Trinajstić information content (AvgIpc) is 2.14. The largest absolute Gasteiger partial charge is 0.362 e. The van der Waals surface area contributed by atoms with Crippen LogP contribution in [0.1, 0.15) is 0 Å². The second kappa shape index (κ2) is 2.13.